The van der Waals surface area contributed by atoms with Gasteiger partial charge in [0.2, 0.25) is 0 Å². The maximum Gasteiger partial charge on any atom is 0.110 e. The quantitative estimate of drug-likeness (QED) is 0.306. The summed E-state index contributed by atoms with van der Waals surface area (Å²) in [5, 5.41) is 2.91. The van der Waals surface area contributed by atoms with E-state index in [9.17, 15) is 4.91 Å². The van der Waals surface area contributed by atoms with E-state index in [0.29, 0.717) is 0 Å². The lowest BCUT2D eigenvalue weighted by atomic mass is 9.94. The monoisotopic (exact) mass is 135 g/mol. The molecule has 0 radical (unpaired) electrons. The normalized spacial score (nSPS) is 31.1. The maximum atomic E-state index is 10.0. The van der Waals surface area contributed by atoms with Gasteiger partial charge in [-0.1, -0.05) is 23.2 Å². The fourth-order valence-electron chi connectivity index (χ4n) is 1.03. The van der Waals surface area contributed by atoms with Crippen LogP contribution in [-0.4, -0.2) is 6.04 Å². The highest BCUT2D eigenvalue weighted by atomic mass is 16.3. The van der Waals surface area contributed by atoms with Gasteiger partial charge in [-0.25, -0.2) is 0 Å². The zero-order chi connectivity index (χ0) is 7.40. The molecule has 0 aromatic rings. The first-order chi connectivity index (χ1) is 4.86. The van der Waals surface area contributed by atoms with Gasteiger partial charge in [0.05, 0.1) is 0 Å². The second-order valence-electron chi connectivity index (χ2n) is 2.41. The number of hydrogen-bond donors (Lipinski definition) is 0. The van der Waals surface area contributed by atoms with Crippen LogP contribution in [0.4, 0.5) is 0 Å². The second-order valence-corrected chi connectivity index (χ2v) is 2.41. The third-order valence-corrected chi connectivity index (χ3v) is 1.69. The maximum absolute atomic E-state index is 10.0. The van der Waals surface area contributed by atoms with E-state index in [4.69, 9.17) is 6.42 Å². The molecule has 0 fully saturated rings. The summed E-state index contributed by atoms with van der Waals surface area (Å²) < 4.78 is 0. The van der Waals surface area contributed by atoms with Crippen LogP contribution < -0.4 is 0 Å². The molecule has 0 spiro atoms. The number of hydrogen-bond acceptors (Lipinski definition) is 2. The van der Waals surface area contributed by atoms with Gasteiger partial charge < -0.3 is 0 Å². The molecule has 0 bridgehead atoms. The number of nitrogens with zero attached hydrogens (tertiary/aromatic N) is 1. The summed E-state index contributed by atoms with van der Waals surface area (Å²) in [5.74, 6) is 2.84. The molecule has 1 rings (SSSR count). The number of terminal acetylenes is 1. The summed E-state index contributed by atoms with van der Waals surface area (Å²) in [7, 11) is 0. The molecule has 0 aromatic carbocycles. The van der Waals surface area contributed by atoms with Crippen molar-refractivity contribution < 1.29 is 0 Å². The SMILES string of the molecule is C#CC1C=CC(N=O)CC1. The van der Waals surface area contributed by atoms with Crippen molar-refractivity contribution in [3.8, 4) is 12.3 Å². The Bertz CT molecular complexity index is 190. The first kappa shape index (κ1) is 7.01. The lowest BCUT2D eigenvalue weighted by Gasteiger charge is -2.12. The fourth-order valence-corrected chi connectivity index (χ4v) is 1.03. The van der Waals surface area contributed by atoms with E-state index in [1.165, 1.54) is 0 Å². The third-order valence-electron chi connectivity index (χ3n) is 1.69. The van der Waals surface area contributed by atoms with Crippen LogP contribution in [0.15, 0.2) is 17.3 Å². The molecule has 1 aliphatic rings. The van der Waals surface area contributed by atoms with E-state index in [-0.39, 0.29) is 12.0 Å². The Labute approximate surface area is 60.3 Å². The molecule has 0 aromatic heterocycles. The van der Waals surface area contributed by atoms with Crippen LogP contribution in [-0.2, 0) is 0 Å². The smallest absolute Gasteiger partial charge is 0.110 e. The van der Waals surface area contributed by atoms with Crippen molar-refractivity contribution in [3.63, 3.8) is 0 Å². The molecule has 2 heteroatoms. The Morgan fingerprint density at radius 2 is 2.30 bits per heavy atom. The van der Waals surface area contributed by atoms with Crippen LogP contribution in [0.2, 0.25) is 0 Å². The largest absolute Gasteiger partial charge is 0.150 e. The lowest BCUT2D eigenvalue weighted by molar-refractivity contribution is 0.586. The zero-order valence-corrected chi connectivity index (χ0v) is 5.66. The molecule has 2 atom stereocenters. The predicted octanol–water partition coefficient (Wildman–Crippen LogP) is 1.72. The van der Waals surface area contributed by atoms with Crippen molar-refractivity contribution in [2.24, 2.45) is 11.1 Å². The van der Waals surface area contributed by atoms with Crippen molar-refractivity contribution in [1.29, 1.82) is 0 Å². The van der Waals surface area contributed by atoms with Gasteiger partial charge in [-0.3, -0.25) is 0 Å². The summed E-state index contributed by atoms with van der Waals surface area (Å²) in [6.07, 6.45) is 10.6. The van der Waals surface area contributed by atoms with E-state index >= 15 is 0 Å². The molecule has 0 aliphatic heterocycles. The molecule has 0 heterocycles. The summed E-state index contributed by atoms with van der Waals surface area (Å²) in [6.45, 7) is 0. The van der Waals surface area contributed by atoms with Crippen molar-refractivity contribution in [2.75, 3.05) is 0 Å². The van der Waals surface area contributed by atoms with Crippen molar-refractivity contribution in [2.45, 2.75) is 18.9 Å². The van der Waals surface area contributed by atoms with Gasteiger partial charge in [0.15, 0.2) is 0 Å². The first-order valence-electron chi connectivity index (χ1n) is 3.33. The van der Waals surface area contributed by atoms with Gasteiger partial charge >= 0.3 is 0 Å². The second kappa shape index (κ2) is 3.17. The van der Waals surface area contributed by atoms with Gasteiger partial charge in [-0.05, 0) is 12.8 Å². The van der Waals surface area contributed by atoms with Crippen LogP contribution in [0.25, 0.3) is 0 Å². The van der Waals surface area contributed by atoms with Gasteiger partial charge in [-0.2, -0.15) is 4.91 Å². The van der Waals surface area contributed by atoms with E-state index in [1.54, 1.807) is 6.08 Å². The number of allylic oxidation sites excluding steroid dienone is 1. The highest BCUT2D eigenvalue weighted by Crippen LogP contribution is 2.18. The average Bonchev–Trinajstić information content (AvgIpc) is 2.05. The summed E-state index contributed by atoms with van der Waals surface area (Å²) in [6, 6.07) is -0.135. The van der Waals surface area contributed by atoms with Gasteiger partial charge in [-0.15, -0.1) is 6.42 Å². The minimum atomic E-state index is -0.135. The van der Waals surface area contributed by atoms with E-state index in [0.717, 1.165) is 12.8 Å². The Kier molecular flexibility index (Phi) is 2.22. The molecule has 1 aliphatic carbocycles. The van der Waals surface area contributed by atoms with Gasteiger partial charge in [0, 0.05) is 5.92 Å². The zero-order valence-electron chi connectivity index (χ0n) is 5.66. The molecule has 2 nitrogen and oxygen atoms in total. The Hall–Kier alpha value is -1.10. The fraction of sp³-hybridized carbons (Fsp3) is 0.500. The molecule has 2 unspecified atom stereocenters. The van der Waals surface area contributed by atoms with Gasteiger partial charge in [0.25, 0.3) is 0 Å². The Morgan fingerprint density at radius 1 is 1.50 bits per heavy atom. The topological polar surface area (TPSA) is 29.4 Å². The first-order valence-corrected chi connectivity index (χ1v) is 3.33. The molecule has 0 amide bonds. The molecule has 0 N–H and O–H groups in total. The summed E-state index contributed by atoms with van der Waals surface area (Å²) in [4.78, 5) is 10.0. The van der Waals surface area contributed by atoms with Crippen molar-refractivity contribution in [1.82, 2.24) is 0 Å². The number of nitroso groups, excluding NO2 is 1. The van der Waals surface area contributed by atoms with E-state index < -0.39 is 0 Å². The molecule has 10 heavy (non-hydrogen) atoms. The third kappa shape index (κ3) is 1.44. The van der Waals surface area contributed by atoms with Crippen LogP contribution in [0.5, 0.6) is 0 Å². The molecular formula is C8H9NO. The van der Waals surface area contributed by atoms with Crippen LogP contribution >= 0.6 is 0 Å². The summed E-state index contributed by atoms with van der Waals surface area (Å²) >= 11 is 0. The van der Waals surface area contributed by atoms with E-state index in [2.05, 4.69) is 11.1 Å². The predicted molar refractivity (Wildman–Crippen MR) is 40.3 cm³/mol. The Morgan fingerprint density at radius 3 is 2.70 bits per heavy atom. The average molecular weight is 135 g/mol. The van der Waals surface area contributed by atoms with Crippen molar-refractivity contribution in [3.05, 3.63) is 17.1 Å². The van der Waals surface area contributed by atoms with E-state index in [1.807, 2.05) is 6.08 Å². The minimum Gasteiger partial charge on any atom is -0.150 e. The lowest BCUT2D eigenvalue weighted by Crippen LogP contribution is -2.08. The standard InChI is InChI=1S/C8H9NO/c1-2-7-3-5-8(9-10)6-4-7/h1,3,5,7-8H,4,6H2. The van der Waals surface area contributed by atoms with Crippen LogP contribution in [0.1, 0.15) is 12.8 Å². The Balaban J connectivity index is 2.53. The molecular weight excluding hydrogens is 126 g/mol. The minimum absolute atomic E-state index is 0.135. The van der Waals surface area contributed by atoms with Crippen molar-refractivity contribution >= 4 is 0 Å². The number of rotatable bonds is 1. The summed E-state index contributed by atoms with van der Waals surface area (Å²) in [5.41, 5.74) is 0. The molecule has 0 saturated heterocycles. The highest BCUT2D eigenvalue weighted by Gasteiger charge is 2.13. The van der Waals surface area contributed by atoms with Gasteiger partial charge in [0.1, 0.15) is 6.04 Å². The van der Waals surface area contributed by atoms with Crippen LogP contribution in [0.3, 0.4) is 0 Å². The molecule has 52 valence electrons. The molecule has 0 saturated carbocycles. The highest BCUT2D eigenvalue weighted by molar-refractivity contribution is 5.11. The van der Waals surface area contributed by atoms with Crippen LogP contribution in [0, 0.1) is 23.2 Å².